The van der Waals surface area contributed by atoms with Gasteiger partial charge in [-0.25, -0.2) is 4.39 Å². The summed E-state index contributed by atoms with van der Waals surface area (Å²) < 4.78 is 13.7. The summed E-state index contributed by atoms with van der Waals surface area (Å²) in [5.74, 6) is 0.264. The molecule has 1 N–H and O–H groups in total. The van der Waals surface area contributed by atoms with E-state index in [4.69, 9.17) is 0 Å². The summed E-state index contributed by atoms with van der Waals surface area (Å²) in [6, 6.07) is 0.148. The van der Waals surface area contributed by atoms with Crippen molar-refractivity contribution in [1.82, 2.24) is 5.32 Å². The van der Waals surface area contributed by atoms with Crippen LogP contribution in [0.15, 0.2) is 0 Å². The summed E-state index contributed by atoms with van der Waals surface area (Å²) in [7, 11) is 0. The summed E-state index contributed by atoms with van der Waals surface area (Å²) in [6.45, 7) is 5.16. The van der Waals surface area contributed by atoms with E-state index in [1.807, 2.05) is 0 Å². The smallest absolute Gasteiger partial charge is 0.118 e. The molecule has 1 aliphatic heterocycles. The van der Waals surface area contributed by atoms with Gasteiger partial charge >= 0.3 is 0 Å². The molecule has 2 heteroatoms. The van der Waals surface area contributed by atoms with Crippen LogP contribution in [0.5, 0.6) is 0 Å². The molecule has 2 unspecified atom stereocenters. The van der Waals surface area contributed by atoms with Crippen LogP contribution in [0.4, 0.5) is 4.39 Å². The largest absolute Gasteiger partial charge is 0.311 e. The standard InChI is InChI=1S/C10H20FN/c1-3-8(4-2)10(11)9-6-5-7-12-9/h8-10,12H,3-7H2,1-2H3. The van der Waals surface area contributed by atoms with E-state index in [0.717, 1.165) is 32.2 Å². The topological polar surface area (TPSA) is 12.0 Å². The first kappa shape index (κ1) is 9.97. The van der Waals surface area contributed by atoms with Crippen molar-refractivity contribution >= 4 is 0 Å². The highest BCUT2D eigenvalue weighted by Crippen LogP contribution is 2.23. The molecular formula is C10H20FN. The summed E-state index contributed by atoms with van der Waals surface area (Å²) in [4.78, 5) is 0. The first-order chi connectivity index (χ1) is 5.79. The number of alkyl halides is 1. The minimum absolute atomic E-state index is 0.148. The quantitative estimate of drug-likeness (QED) is 0.688. The van der Waals surface area contributed by atoms with Gasteiger partial charge in [0, 0.05) is 6.04 Å². The number of hydrogen-bond donors (Lipinski definition) is 1. The molecule has 1 nitrogen and oxygen atoms in total. The molecule has 0 radical (unpaired) electrons. The Bertz CT molecular complexity index is 115. The van der Waals surface area contributed by atoms with E-state index in [2.05, 4.69) is 19.2 Å². The molecule has 1 fully saturated rings. The Morgan fingerprint density at radius 3 is 2.50 bits per heavy atom. The van der Waals surface area contributed by atoms with Gasteiger partial charge in [0.1, 0.15) is 6.17 Å². The SMILES string of the molecule is CCC(CC)C(F)C1CCCN1. The van der Waals surface area contributed by atoms with Crippen molar-refractivity contribution in [3.8, 4) is 0 Å². The molecule has 0 aliphatic carbocycles. The number of rotatable bonds is 4. The molecule has 2 atom stereocenters. The van der Waals surface area contributed by atoms with Gasteiger partial charge in [0.05, 0.1) is 0 Å². The highest BCUT2D eigenvalue weighted by molar-refractivity contribution is 4.85. The lowest BCUT2D eigenvalue weighted by Crippen LogP contribution is -2.36. The third kappa shape index (κ3) is 2.19. The van der Waals surface area contributed by atoms with E-state index >= 15 is 0 Å². The van der Waals surface area contributed by atoms with Gasteiger partial charge in [-0.2, -0.15) is 0 Å². The van der Waals surface area contributed by atoms with E-state index in [-0.39, 0.29) is 12.0 Å². The van der Waals surface area contributed by atoms with Crippen LogP contribution < -0.4 is 5.32 Å². The van der Waals surface area contributed by atoms with E-state index in [1.165, 1.54) is 0 Å². The molecule has 1 aliphatic rings. The van der Waals surface area contributed by atoms with Gasteiger partial charge in [-0.15, -0.1) is 0 Å². The van der Waals surface area contributed by atoms with Crippen LogP contribution in [0.2, 0.25) is 0 Å². The van der Waals surface area contributed by atoms with Crippen molar-refractivity contribution in [1.29, 1.82) is 0 Å². The number of halogens is 1. The van der Waals surface area contributed by atoms with E-state index in [0.29, 0.717) is 0 Å². The van der Waals surface area contributed by atoms with Crippen LogP contribution in [-0.4, -0.2) is 18.8 Å². The highest BCUT2D eigenvalue weighted by atomic mass is 19.1. The highest BCUT2D eigenvalue weighted by Gasteiger charge is 2.29. The Morgan fingerprint density at radius 2 is 2.08 bits per heavy atom. The van der Waals surface area contributed by atoms with Gasteiger partial charge in [0.15, 0.2) is 0 Å². The summed E-state index contributed by atoms with van der Waals surface area (Å²) in [6.07, 6.45) is 3.48. The summed E-state index contributed by atoms with van der Waals surface area (Å²) in [5, 5.41) is 3.23. The summed E-state index contributed by atoms with van der Waals surface area (Å²) >= 11 is 0. The Morgan fingerprint density at radius 1 is 1.42 bits per heavy atom. The molecule has 1 rings (SSSR count). The zero-order valence-corrected chi connectivity index (χ0v) is 8.15. The molecule has 0 aromatic rings. The average Bonchev–Trinajstić information content (AvgIpc) is 2.58. The number of nitrogens with one attached hydrogen (secondary N) is 1. The lowest BCUT2D eigenvalue weighted by atomic mass is 9.92. The van der Waals surface area contributed by atoms with E-state index in [9.17, 15) is 4.39 Å². The van der Waals surface area contributed by atoms with Crippen molar-refractivity contribution < 1.29 is 4.39 Å². The first-order valence-corrected chi connectivity index (χ1v) is 5.17. The van der Waals surface area contributed by atoms with Crippen molar-refractivity contribution in [2.45, 2.75) is 51.7 Å². The minimum atomic E-state index is -0.623. The van der Waals surface area contributed by atoms with Crippen molar-refractivity contribution in [2.24, 2.45) is 5.92 Å². The fourth-order valence-electron chi connectivity index (χ4n) is 2.05. The molecule has 0 aromatic carbocycles. The van der Waals surface area contributed by atoms with E-state index < -0.39 is 6.17 Å². The van der Waals surface area contributed by atoms with E-state index in [1.54, 1.807) is 0 Å². The van der Waals surface area contributed by atoms with Gasteiger partial charge in [0.2, 0.25) is 0 Å². The van der Waals surface area contributed by atoms with Gasteiger partial charge in [-0.1, -0.05) is 26.7 Å². The second-order valence-corrected chi connectivity index (χ2v) is 3.72. The third-order valence-electron chi connectivity index (χ3n) is 2.98. The maximum absolute atomic E-state index is 13.7. The molecule has 12 heavy (non-hydrogen) atoms. The monoisotopic (exact) mass is 173 g/mol. The molecule has 0 amide bonds. The zero-order chi connectivity index (χ0) is 8.97. The van der Waals surface area contributed by atoms with Crippen molar-refractivity contribution in [3.63, 3.8) is 0 Å². The first-order valence-electron chi connectivity index (χ1n) is 5.17. The van der Waals surface area contributed by atoms with Crippen LogP contribution in [0.3, 0.4) is 0 Å². The predicted octanol–water partition coefficient (Wildman–Crippen LogP) is 2.51. The number of hydrogen-bond acceptors (Lipinski definition) is 1. The van der Waals surface area contributed by atoms with Gasteiger partial charge < -0.3 is 5.32 Å². The molecule has 0 saturated carbocycles. The van der Waals surface area contributed by atoms with Crippen molar-refractivity contribution in [2.75, 3.05) is 6.54 Å². The predicted molar refractivity (Wildman–Crippen MR) is 50.0 cm³/mol. The molecule has 0 aromatic heterocycles. The lowest BCUT2D eigenvalue weighted by Gasteiger charge is -2.23. The average molecular weight is 173 g/mol. The van der Waals surface area contributed by atoms with Crippen molar-refractivity contribution in [3.05, 3.63) is 0 Å². The maximum Gasteiger partial charge on any atom is 0.118 e. The Balaban J connectivity index is 2.37. The lowest BCUT2D eigenvalue weighted by molar-refractivity contribution is 0.171. The Hall–Kier alpha value is -0.110. The van der Waals surface area contributed by atoms with Crippen LogP contribution in [0.25, 0.3) is 0 Å². The normalized spacial score (nSPS) is 26.5. The molecule has 72 valence electrons. The Kier molecular flexibility index (Phi) is 3.99. The fraction of sp³-hybridized carbons (Fsp3) is 1.00. The molecule has 0 bridgehead atoms. The zero-order valence-electron chi connectivity index (χ0n) is 8.15. The summed E-state index contributed by atoms with van der Waals surface area (Å²) in [5.41, 5.74) is 0. The van der Waals surface area contributed by atoms with Crippen LogP contribution in [0.1, 0.15) is 39.5 Å². The van der Waals surface area contributed by atoms with Gasteiger partial charge in [-0.05, 0) is 25.3 Å². The molecule has 1 saturated heterocycles. The fourth-order valence-corrected chi connectivity index (χ4v) is 2.05. The second kappa shape index (κ2) is 4.80. The molecule has 0 spiro atoms. The van der Waals surface area contributed by atoms with Gasteiger partial charge in [-0.3, -0.25) is 0 Å². The third-order valence-corrected chi connectivity index (χ3v) is 2.98. The second-order valence-electron chi connectivity index (χ2n) is 3.72. The Labute approximate surface area is 74.7 Å². The van der Waals surface area contributed by atoms with Crippen LogP contribution in [0, 0.1) is 5.92 Å². The van der Waals surface area contributed by atoms with Gasteiger partial charge in [0.25, 0.3) is 0 Å². The molecular weight excluding hydrogens is 153 g/mol. The van der Waals surface area contributed by atoms with Crippen LogP contribution in [-0.2, 0) is 0 Å². The maximum atomic E-state index is 13.7. The molecule has 1 heterocycles. The minimum Gasteiger partial charge on any atom is -0.311 e. The van der Waals surface area contributed by atoms with Crippen LogP contribution >= 0.6 is 0 Å².